The Kier molecular flexibility index (Phi) is 12.1. The maximum absolute atomic E-state index is 15.1. The molecule has 0 unspecified atom stereocenters. The van der Waals surface area contributed by atoms with Crippen LogP contribution in [-0.2, 0) is 47.5 Å². The summed E-state index contributed by atoms with van der Waals surface area (Å²) in [4.78, 5) is 70.1. The van der Waals surface area contributed by atoms with Crippen LogP contribution in [0.4, 0.5) is 10.0 Å². The van der Waals surface area contributed by atoms with E-state index < -0.39 is 29.4 Å². The molecule has 66 heavy (non-hydrogen) atoms. The van der Waals surface area contributed by atoms with Crippen molar-refractivity contribution < 1.29 is 33.4 Å². The SMILES string of the molecule is CCN1C(=O)C(=Nc2cc3sc4c(c3s2)OC(C(=O)OCc2ccccc2)(C(=O)OCc2ccccc2)c2c-4sc3cc(N=C4SC(=C(C#N)C#N)N(CC)C4=O)sc23)SC1=C(C#N)C#N. The number of carbonyl (C=O) groups excluding carboxylic acids is 4. The van der Waals surface area contributed by atoms with Crippen molar-refractivity contribution in [3.63, 3.8) is 0 Å². The standard InChI is InChI=1S/C45H26N8O7S6/c1-3-52-39(54)37(65-41(52)25(17-46)18-47)50-29-15-27-33(63-29)31-35(61-27)36-32(34-28(62-36)16-30(64-34)51-38-40(55)53(4-2)42(66-38)26(19-48)20-49)60-45(31,43(56)58-21-23-11-7-5-8-12-23)44(57)59-22-24-13-9-6-10-14-24/h5-16H,3-4,21-22H2,1-2H3. The molecular weight excluding hydrogens is 957 g/mol. The largest absolute Gasteiger partial charge is 0.457 e. The van der Waals surface area contributed by atoms with Gasteiger partial charge in [0, 0.05) is 17.8 Å². The zero-order valence-electron chi connectivity index (χ0n) is 34.1. The van der Waals surface area contributed by atoms with E-state index in [1.807, 2.05) is 36.4 Å². The molecule has 0 radical (unpaired) electrons. The summed E-state index contributed by atoms with van der Waals surface area (Å²) in [6.07, 6.45) is 0. The number of allylic oxidation sites excluding steroid dienone is 2. The van der Waals surface area contributed by atoms with Gasteiger partial charge in [-0.1, -0.05) is 60.7 Å². The van der Waals surface area contributed by atoms with E-state index in [4.69, 9.17) is 14.2 Å². The van der Waals surface area contributed by atoms with Gasteiger partial charge in [-0.15, -0.1) is 45.3 Å². The van der Waals surface area contributed by atoms with Gasteiger partial charge in [-0.05, 0) is 60.6 Å². The van der Waals surface area contributed by atoms with Gasteiger partial charge in [0.25, 0.3) is 11.8 Å². The van der Waals surface area contributed by atoms with Crippen LogP contribution in [0, 0.1) is 45.3 Å². The molecule has 21 heteroatoms. The summed E-state index contributed by atoms with van der Waals surface area (Å²) in [6, 6.07) is 28.8. The van der Waals surface area contributed by atoms with Gasteiger partial charge in [0.2, 0.25) is 0 Å². The highest BCUT2D eigenvalue weighted by Gasteiger charge is 2.60. The maximum Gasteiger partial charge on any atom is 0.367 e. The van der Waals surface area contributed by atoms with Gasteiger partial charge in [0.1, 0.15) is 57.6 Å². The summed E-state index contributed by atoms with van der Waals surface area (Å²) >= 11 is 6.75. The first-order valence-electron chi connectivity index (χ1n) is 19.6. The van der Waals surface area contributed by atoms with Crippen molar-refractivity contribution in [2.24, 2.45) is 9.98 Å². The first-order chi connectivity index (χ1) is 32.1. The Balaban J connectivity index is 1.20. The number of carbonyl (C=O) groups is 4. The molecule has 2 saturated heterocycles. The van der Waals surface area contributed by atoms with E-state index in [-0.39, 0.29) is 68.9 Å². The number of hydrogen-bond donors (Lipinski definition) is 0. The second-order valence-corrected chi connectivity index (χ2v) is 20.1. The van der Waals surface area contributed by atoms with Crippen molar-refractivity contribution in [1.29, 1.82) is 21.0 Å². The second kappa shape index (κ2) is 18.1. The lowest BCUT2D eigenvalue weighted by molar-refractivity contribution is -0.183. The molecule has 2 fully saturated rings. The Morgan fingerprint density at radius 3 is 1.55 bits per heavy atom. The van der Waals surface area contributed by atoms with E-state index in [0.29, 0.717) is 49.7 Å². The number of benzene rings is 2. The number of fused-ring (bicyclic) bond motifs is 7. The van der Waals surface area contributed by atoms with Crippen molar-refractivity contribution in [1.82, 2.24) is 9.80 Å². The Morgan fingerprint density at radius 2 is 1.09 bits per heavy atom. The van der Waals surface area contributed by atoms with Gasteiger partial charge in [0.05, 0.1) is 29.4 Å². The molecule has 3 aliphatic rings. The van der Waals surface area contributed by atoms with Crippen molar-refractivity contribution in [3.05, 3.63) is 111 Å². The van der Waals surface area contributed by atoms with Gasteiger partial charge in [-0.25, -0.2) is 19.6 Å². The van der Waals surface area contributed by atoms with Crippen LogP contribution in [0.15, 0.2) is 104 Å². The summed E-state index contributed by atoms with van der Waals surface area (Å²) in [5, 5.41) is 39.5. The zero-order valence-corrected chi connectivity index (χ0v) is 39.0. The lowest BCUT2D eigenvalue weighted by Gasteiger charge is -2.33. The van der Waals surface area contributed by atoms with Crippen molar-refractivity contribution in [3.8, 4) is 39.8 Å². The Hall–Kier alpha value is -7.08. The average molecular weight is 983 g/mol. The normalized spacial score (nSPS) is 16.2. The van der Waals surface area contributed by atoms with Crippen LogP contribution in [0.1, 0.15) is 30.5 Å². The molecule has 9 rings (SSSR count). The van der Waals surface area contributed by atoms with Crippen LogP contribution in [0.3, 0.4) is 0 Å². The highest BCUT2D eigenvalue weighted by atomic mass is 32.2. The molecule has 7 heterocycles. The molecule has 3 aliphatic heterocycles. The van der Waals surface area contributed by atoms with E-state index in [2.05, 4.69) is 9.98 Å². The van der Waals surface area contributed by atoms with Crippen molar-refractivity contribution >= 4 is 132 Å². The fourth-order valence-electron chi connectivity index (χ4n) is 7.11. The van der Waals surface area contributed by atoms with Gasteiger partial charge in [-0.3, -0.25) is 19.4 Å². The highest BCUT2D eigenvalue weighted by molar-refractivity contribution is 8.20. The number of hydrogen-bond acceptors (Lipinski definition) is 19. The summed E-state index contributed by atoms with van der Waals surface area (Å²) in [7, 11) is 0. The number of nitrogens with zero attached hydrogens (tertiary/aromatic N) is 8. The molecule has 15 nitrogen and oxygen atoms in total. The van der Waals surface area contributed by atoms with Gasteiger partial charge < -0.3 is 14.2 Å². The number of amides is 2. The maximum atomic E-state index is 15.1. The number of aliphatic imine (C=N–C) groups is 2. The van der Waals surface area contributed by atoms with E-state index in [9.17, 15) is 30.6 Å². The predicted octanol–water partition coefficient (Wildman–Crippen LogP) is 9.75. The second-order valence-electron chi connectivity index (χ2n) is 14.0. The zero-order chi connectivity index (χ0) is 46.3. The number of esters is 2. The first-order valence-corrected chi connectivity index (χ1v) is 24.5. The molecule has 6 aromatic rings. The lowest BCUT2D eigenvalue weighted by atomic mass is 9.90. The molecule has 2 amide bonds. The summed E-state index contributed by atoms with van der Waals surface area (Å²) in [5.74, 6) is -2.82. The van der Waals surface area contributed by atoms with E-state index in [1.165, 1.54) is 32.5 Å². The molecular formula is C45H26N8O7S6. The number of thioether (sulfide) groups is 2. The molecule has 0 bridgehead atoms. The Labute approximate surface area is 399 Å². The Bertz CT molecular complexity index is 3280. The third-order valence-electron chi connectivity index (χ3n) is 10.1. The van der Waals surface area contributed by atoms with Gasteiger partial charge >= 0.3 is 17.5 Å². The van der Waals surface area contributed by atoms with Crippen molar-refractivity contribution in [2.45, 2.75) is 32.7 Å². The highest BCUT2D eigenvalue weighted by Crippen LogP contribution is 2.62. The fraction of sp³-hybridized carbons (Fsp3) is 0.156. The van der Waals surface area contributed by atoms with Crippen molar-refractivity contribution in [2.75, 3.05) is 13.1 Å². The third kappa shape index (κ3) is 7.51. The predicted molar refractivity (Wildman–Crippen MR) is 254 cm³/mol. The summed E-state index contributed by atoms with van der Waals surface area (Å²) in [6.45, 7) is 3.45. The van der Waals surface area contributed by atoms with Crippen LogP contribution in [-0.4, -0.2) is 56.7 Å². The van der Waals surface area contributed by atoms with E-state index >= 15 is 9.59 Å². The molecule has 0 saturated carbocycles. The van der Waals surface area contributed by atoms with Crippen LogP contribution in [0.5, 0.6) is 5.75 Å². The minimum absolute atomic E-state index is 0.0350. The first kappa shape index (κ1) is 44.1. The number of thiophene rings is 4. The number of nitriles is 4. The van der Waals surface area contributed by atoms with Crippen LogP contribution in [0.2, 0.25) is 0 Å². The number of rotatable bonds is 10. The smallest absolute Gasteiger partial charge is 0.367 e. The van der Waals surface area contributed by atoms with Crippen LogP contribution >= 0.6 is 68.9 Å². The topological polar surface area (TPSA) is 222 Å². The molecule has 2 aromatic carbocycles. The monoisotopic (exact) mass is 982 g/mol. The molecule has 0 N–H and O–H groups in total. The van der Waals surface area contributed by atoms with Gasteiger partial charge in [0.15, 0.2) is 27.0 Å². The summed E-state index contributed by atoms with van der Waals surface area (Å²) in [5.41, 5.74) is -1.47. The molecule has 0 aliphatic carbocycles. The van der Waals surface area contributed by atoms with E-state index in [1.54, 1.807) is 74.5 Å². The average Bonchev–Trinajstić information content (AvgIpc) is 4.18. The van der Waals surface area contributed by atoms with Gasteiger partial charge in [-0.2, -0.15) is 21.0 Å². The molecule has 4 aromatic heterocycles. The lowest BCUT2D eigenvalue weighted by Crippen LogP contribution is -2.52. The minimum Gasteiger partial charge on any atom is -0.457 e. The Morgan fingerprint density at radius 1 is 0.652 bits per heavy atom. The summed E-state index contributed by atoms with van der Waals surface area (Å²) < 4.78 is 21.1. The molecule has 324 valence electrons. The van der Waals surface area contributed by atoms with Crippen LogP contribution in [0.25, 0.3) is 28.6 Å². The third-order valence-corrected chi connectivity index (χ3v) is 17.0. The van der Waals surface area contributed by atoms with E-state index in [0.717, 1.165) is 46.2 Å². The number of ether oxygens (including phenoxy) is 3. The molecule has 0 atom stereocenters. The minimum atomic E-state index is -2.53. The quantitative estimate of drug-likeness (QED) is 0.0709. The van der Waals surface area contributed by atoms with Crippen LogP contribution < -0.4 is 4.74 Å². The fourth-order valence-corrected chi connectivity index (χ4v) is 14.4. The molecule has 0 spiro atoms.